The Morgan fingerprint density at radius 2 is 2.13 bits per heavy atom. The highest BCUT2D eigenvalue weighted by molar-refractivity contribution is 7.98. The van der Waals surface area contributed by atoms with Gasteiger partial charge >= 0.3 is 0 Å². The van der Waals surface area contributed by atoms with Crippen molar-refractivity contribution in [3.05, 3.63) is 57.1 Å². The van der Waals surface area contributed by atoms with Gasteiger partial charge in [-0.3, -0.25) is 9.36 Å². The minimum atomic E-state index is 0.0981. The largest absolute Gasteiger partial charge is 0.376 e. The topological polar surface area (TPSA) is 61.4 Å². The van der Waals surface area contributed by atoms with E-state index < -0.39 is 0 Å². The van der Waals surface area contributed by atoms with Crippen LogP contribution in [0.5, 0.6) is 0 Å². The second kappa shape index (κ2) is 8.07. The third-order valence-electron chi connectivity index (χ3n) is 6.21. The number of pyridine rings is 1. The molecule has 0 amide bonds. The van der Waals surface area contributed by atoms with Gasteiger partial charge in [0.1, 0.15) is 10.5 Å². The number of thioether (sulfide) groups is 1. The highest BCUT2D eigenvalue weighted by Gasteiger charge is 2.25. The summed E-state index contributed by atoms with van der Waals surface area (Å²) in [6.07, 6.45) is 10.7. The molecule has 0 radical (unpaired) electrons. The summed E-state index contributed by atoms with van der Waals surface area (Å²) in [5.74, 6) is 0.677. The smallest absolute Gasteiger partial charge is 0.263 e. The molecule has 160 valence electrons. The van der Waals surface area contributed by atoms with E-state index >= 15 is 0 Å². The minimum absolute atomic E-state index is 0.0981. The first-order valence-corrected chi connectivity index (χ1v) is 12.8. The van der Waals surface area contributed by atoms with E-state index in [-0.39, 0.29) is 11.7 Å². The first-order chi connectivity index (χ1) is 15.3. The van der Waals surface area contributed by atoms with Gasteiger partial charge in [-0.25, -0.2) is 9.97 Å². The molecular formula is C23H24N4O2S2. The molecule has 1 fully saturated rings. The SMILES string of the molecule is O=c1c2c3c(sc2nc(SCc2cn4ccccc4n2)n1CC1CCCO1)CCCC3. The fourth-order valence-electron chi connectivity index (χ4n) is 4.68. The van der Waals surface area contributed by atoms with Crippen molar-refractivity contribution in [1.82, 2.24) is 18.9 Å². The Balaban J connectivity index is 1.39. The lowest BCUT2D eigenvalue weighted by atomic mass is 9.97. The van der Waals surface area contributed by atoms with E-state index in [2.05, 4.69) is 0 Å². The maximum Gasteiger partial charge on any atom is 0.263 e. The number of imidazole rings is 1. The molecule has 1 atom stereocenters. The zero-order valence-electron chi connectivity index (χ0n) is 17.2. The molecule has 1 aliphatic carbocycles. The van der Waals surface area contributed by atoms with Crippen molar-refractivity contribution < 1.29 is 4.74 Å². The second-order valence-corrected chi connectivity index (χ2v) is 10.3. The van der Waals surface area contributed by atoms with Crippen LogP contribution >= 0.6 is 23.1 Å². The van der Waals surface area contributed by atoms with Crippen molar-refractivity contribution in [3.63, 3.8) is 0 Å². The highest BCUT2D eigenvalue weighted by atomic mass is 32.2. The van der Waals surface area contributed by atoms with Crippen LogP contribution in [0.1, 0.15) is 41.8 Å². The minimum Gasteiger partial charge on any atom is -0.376 e. The number of aromatic nitrogens is 4. The number of aryl methyl sites for hydroxylation is 2. The molecule has 8 heteroatoms. The molecule has 1 saturated heterocycles. The monoisotopic (exact) mass is 452 g/mol. The van der Waals surface area contributed by atoms with Crippen molar-refractivity contribution in [3.8, 4) is 0 Å². The standard InChI is InChI=1S/C23H24N4O2S2/c28-22-20-17-7-1-2-8-18(17)31-21(20)25-23(27(22)13-16-6-5-11-29-16)30-14-15-12-26-10-4-3-9-19(26)24-15/h3-4,9-10,12,16H,1-2,5-8,11,13-14H2. The van der Waals surface area contributed by atoms with Gasteiger partial charge in [0.2, 0.25) is 0 Å². The Hall–Kier alpha value is -2.16. The molecule has 4 aromatic heterocycles. The summed E-state index contributed by atoms with van der Waals surface area (Å²) in [6.45, 7) is 1.37. The van der Waals surface area contributed by atoms with Gasteiger partial charge in [0.15, 0.2) is 5.16 Å². The number of nitrogens with zero attached hydrogens (tertiary/aromatic N) is 4. The summed E-state index contributed by atoms with van der Waals surface area (Å²) >= 11 is 3.32. The highest BCUT2D eigenvalue weighted by Crippen LogP contribution is 2.35. The third-order valence-corrected chi connectivity index (χ3v) is 8.41. The molecule has 0 bridgehead atoms. The number of thiophene rings is 1. The van der Waals surface area contributed by atoms with Gasteiger partial charge in [0.25, 0.3) is 5.56 Å². The molecule has 5 heterocycles. The summed E-state index contributed by atoms with van der Waals surface area (Å²) in [5, 5.41) is 1.64. The van der Waals surface area contributed by atoms with Crippen LogP contribution in [0.3, 0.4) is 0 Å². The van der Waals surface area contributed by atoms with Gasteiger partial charge in [0.05, 0.1) is 23.7 Å². The normalized spacial score (nSPS) is 18.8. The fourth-order valence-corrected chi connectivity index (χ4v) is 6.87. The summed E-state index contributed by atoms with van der Waals surface area (Å²) in [5.41, 5.74) is 3.28. The maximum absolute atomic E-state index is 13.7. The quantitative estimate of drug-likeness (QED) is 0.331. The van der Waals surface area contributed by atoms with Gasteiger partial charge in [0, 0.05) is 29.6 Å². The van der Waals surface area contributed by atoms with Crippen LogP contribution in [0.4, 0.5) is 0 Å². The van der Waals surface area contributed by atoms with Gasteiger partial charge in [-0.15, -0.1) is 11.3 Å². The van der Waals surface area contributed by atoms with E-state index in [0.29, 0.717) is 12.3 Å². The van der Waals surface area contributed by atoms with E-state index in [9.17, 15) is 4.79 Å². The van der Waals surface area contributed by atoms with Crippen molar-refractivity contribution >= 4 is 39.0 Å². The number of fused-ring (bicyclic) bond motifs is 4. The first-order valence-electron chi connectivity index (χ1n) is 11.0. The number of rotatable bonds is 5. The molecule has 0 aromatic carbocycles. The van der Waals surface area contributed by atoms with Crippen LogP contribution in [0.2, 0.25) is 0 Å². The zero-order valence-corrected chi connectivity index (χ0v) is 18.9. The molecule has 6 nitrogen and oxygen atoms in total. The molecule has 1 aliphatic heterocycles. The lowest BCUT2D eigenvalue weighted by molar-refractivity contribution is 0.0937. The molecule has 2 aliphatic rings. The molecule has 0 N–H and O–H groups in total. The van der Waals surface area contributed by atoms with E-state index in [4.69, 9.17) is 14.7 Å². The van der Waals surface area contributed by atoms with Crippen molar-refractivity contribution in [2.75, 3.05) is 6.61 Å². The molecule has 31 heavy (non-hydrogen) atoms. The van der Waals surface area contributed by atoms with E-state index in [1.54, 1.807) is 23.1 Å². The Morgan fingerprint density at radius 3 is 3.00 bits per heavy atom. The average molecular weight is 453 g/mol. The zero-order chi connectivity index (χ0) is 20.8. The summed E-state index contributed by atoms with van der Waals surface area (Å²) in [7, 11) is 0. The Bertz CT molecular complexity index is 1280. The Labute approximate surface area is 188 Å². The summed E-state index contributed by atoms with van der Waals surface area (Å²) in [6, 6.07) is 5.99. The van der Waals surface area contributed by atoms with E-state index in [1.165, 1.54) is 16.9 Å². The van der Waals surface area contributed by atoms with Crippen LogP contribution < -0.4 is 5.56 Å². The van der Waals surface area contributed by atoms with Crippen molar-refractivity contribution in [2.24, 2.45) is 0 Å². The molecule has 6 rings (SSSR count). The van der Waals surface area contributed by atoms with E-state index in [1.807, 2.05) is 39.6 Å². The van der Waals surface area contributed by atoms with E-state index in [0.717, 1.165) is 65.4 Å². The molecular weight excluding hydrogens is 428 g/mol. The molecule has 1 unspecified atom stereocenters. The van der Waals surface area contributed by atoms with Gasteiger partial charge in [-0.2, -0.15) is 0 Å². The van der Waals surface area contributed by atoms with Crippen LogP contribution in [-0.4, -0.2) is 31.6 Å². The first kappa shape index (κ1) is 19.5. The van der Waals surface area contributed by atoms with Crippen LogP contribution in [0, 0.1) is 0 Å². The van der Waals surface area contributed by atoms with Crippen LogP contribution in [0.25, 0.3) is 15.9 Å². The lowest BCUT2D eigenvalue weighted by Crippen LogP contribution is -2.29. The van der Waals surface area contributed by atoms with Crippen molar-refractivity contribution in [2.45, 2.75) is 62.1 Å². The number of hydrogen-bond donors (Lipinski definition) is 0. The average Bonchev–Trinajstić information content (AvgIpc) is 3.52. The summed E-state index contributed by atoms with van der Waals surface area (Å²) in [4.78, 5) is 25.6. The fraction of sp³-hybridized carbons (Fsp3) is 0.435. The number of hydrogen-bond acceptors (Lipinski definition) is 6. The predicted molar refractivity (Wildman–Crippen MR) is 124 cm³/mol. The van der Waals surface area contributed by atoms with Gasteiger partial charge in [-0.05, 0) is 56.2 Å². The third kappa shape index (κ3) is 3.60. The Kier molecular flexibility index (Phi) is 5.08. The maximum atomic E-state index is 13.7. The van der Waals surface area contributed by atoms with Crippen LogP contribution in [-0.2, 0) is 29.9 Å². The van der Waals surface area contributed by atoms with Gasteiger partial charge in [-0.1, -0.05) is 17.8 Å². The molecule has 0 spiro atoms. The Morgan fingerprint density at radius 1 is 1.19 bits per heavy atom. The second-order valence-electron chi connectivity index (χ2n) is 8.32. The number of ether oxygens (including phenoxy) is 1. The lowest BCUT2D eigenvalue weighted by Gasteiger charge is -2.16. The molecule has 4 aromatic rings. The van der Waals surface area contributed by atoms with Crippen molar-refractivity contribution in [1.29, 1.82) is 0 Å². The summed E-state index contributed by atoms with van der Waals surface area (Å²) < 4.78 is 9.77. The molecule has 0 saturated carbocycles. The van der Waals surface area contributed by atoms with Crippen LogP contribution in [0.15, 0.2) is 40.5 Å². The predicted octanol–water partition coefficient (Wildman–Crippen LogP) is 4.46. The van der Waals surface area contributed by atoms with Gasteiger partial charge < -0.3 is 9.14 Å².